The molecule has 2 N–H and O–H groups in total. The highest BCUT2D eigenvalue weighted by atomic mass is 19.4. The molecule has 0 bridgehead atoms. The zero-order chi connectivity index (χ0) is 23.8. The van der Waals surface area contributed by atoms with Crippen molar-refractivity contribution in [2.24, 2.45) is 5.92 Å². The lowest BCUT2D eigenvalue weighted by molar-refractivity contribution is -0.137. The summed E-state index contributed by atoms with van der Waals surface area (Å²) >= 11 is 0. The van der Waals surface area contributed by atoms with Gasteiger partial charge in [0.25, 0.3) is 0 Å². The van der Waals surface area contributed by atoms with Gasteiger partial charge in [-0.15, -0.1) is 0 Å². The van der Waals surface area contributed by atoms with Gasteiger partial charge in [-0.25, -0.2) is 4.79 Å². The molecule has 0 spiro atoms. The Morgan fingerprint density at radius 3 is 2.48 bits per heavy atom. The van der Waals surface area contributed by atoms with Crippen molar-refractivity contribution >= 4 is 40.1 Å². The molecular weight excluding hydrogens is 439 g/mol. The molecule has 7 nitrogen and oxygen atoms in total. The van der Waals surface area contributed by atoms with Gasteiger partial charge < -0.3 is 19.9 Å². The van der Waals surface area contributed by atoms with Gasteiger partial charge in [0.05, 0.1) is 23.9 Å². The third kappa shape index (κ3) is 4.84. The Balaban J connectivity index is 1.57. The number of hydrogen-bond acceptors (Lipinski definition) is 4. The number of rotatable bonds is 6. The number of amides is 2. The number of para-hydroxylation sites is 1. The Kier molecular flexibility index (Phi) is 5.84. The third-order valence-corrected chi connectivity index (χ3v) is 5.32. The van der Waals surface area contributed by atoms with Crippen LogP contribution in [-0.4, -0.2) is 29.5 Å². The second kappa shape index (κ2) is 8.61. The molecule has 0 unspecified atom stereocenters. The van der Waals surface area contributed by atoms with E-state index in [4.69, 9.17) is 4.74 Å². The molecule has 10 heteroatoms. The van der Waals surface area contributed by atoms with Crippen molar-refractivity contribution in [3.63, 3.8) is 0 Å². The summed E-state index contributed by atoms with van der Waals surface area (Å²) in [6.07, 6.45) is -1.88. The quantitative estimate of drug-likeness (QED) is 0.534. The van der Waals surface area contributed by atoms with Crippen LogP contribution in [0, 0.1) is 5.92 Å². The maximum atomic E-state index is 13.6. The molecule has 0 atom stereocenters. The van der Waals surface area contributed by atoms with Gasteiger partial charge >= 0.3 is 12.1 Å². The Morgan fingerprint density at radius 2 is 1.82 bits per heavy atom. The van der Waals surface area contributed by atoms with E-state index in [1.54, 1.807) is 24.3 Å². The number of carbonyl (C=O) groups is 3. The molecule has 1 aromatic heterocycles. The first-order valence-electron chi connectivity index (χ1n) is 10.2. The van der Waals surface area contributed by atoms with E-state index >= 15 is 0 Å². The molecule has 1 saturated carbocycles. The standard InChI is InChI=1S/C23H20F3N3O4/c1-33-22(32)16-11-29(19-5-3-2-4-15(16)19)12-20(30)28-18-9-8-14(10-17(18)23(24,25)26)27-21(31)13-6-7-13/h2-5,8-11,13H,6-7,12H2,1H3,(H,27,31)(H,28,30). The van der Waals surface area contributed by atoms with Gasteiger partial charge in [0.1, 0.15) is 6.54 Å². The second-order valence-corrected chi connectivity index (χ2v) is 7.75. The average molecular weight is 459 g/mol. The number of esters is 1. The summed E-state index contributed by atoms with van der Waals surface area (Å²) in [5, 5.41) is 5.33. The van der Waals surface area contributed by atoms with Gasteiger partial charge in [-0.2, -0.15) is 13.2 Å². The fraction of sp³-hybridized carbons (Fsp3) is 0.261. The van der Waals surface area contributed by atoms with Gasteiger partial charge in [-0.3, -0.25) is 9.59 Å². The predicted octanol–water partition coefficient (Wildman–Crippen LogP) is 4.43. The predicted molar refractivity (Wildman–Crippen MR) is 115 cm³/mol. The number of anilines is 2. The summed E-state index contributed by atoms with van der Waals surface area (Å²) in [7, 11) is 1.23. The van der Waals surface area contributed by atoms with Crippen LogP contribution in [-0.2, 0) is 27.0 Å². The first kappa shape index (κ1) is 22.4. The van der Waals surface area contributed by atoms with Crippen LogP contribution in [0.1, 0.15) is 28.8 Å². The maximum Gasteiger partial charge on any atom is 0.418 e. The van der Waals surface area contributed by atoms with Crippen LogP contribution in [0.4, 0.5) is 24.5 Å². The lowest BCUT2D eigenvalue weighted by Gasteiger charge is -2.16. The van der Waals surface area contributed by atoms with Crippen molar-refractivity contribution in [1.82, 2.24) is 4.57 Å². The molecule has 0 saturated heterocycles. The van der Waals surface area contributed by atoms with Crippen LogP contribution < -0.4 is 10.6 Å². The van der Waals surface area contributed by atoms with E-state index in [9.17, 15) is 27.6 Å². The number of nitrogens with zero attached hydrogens (tertiary/aromatic N) is 1. The van der Waals surface area contributed by atoms with E-state index in [-0.39, 0.29) is 29.6 Å². The minimum absolute atomic E-state index is 0.0105. The van der Waals surface area contributed by atoms with Crippen molar-refractivity contribution < 1.29 is 32.3 Å². The van der Waals surface area contributed by atoms with Crippen LogP contribution in [0.2, 0.25) is 0 Å². The molecule has 1 aliphatic rings. The van der Waals surface area contributed by atoms with Gasteiger partial charge in [0.2, 0.25) is 11.8 Å². The monoisotopic (exact) mass is 459 g/mol. The Bertz CT molecular complexity index is 1250. The average Bonchev–Trinajstić information content (AvgIpc) is 3.57. The topological polar surface area (TPSA) is 89.4 Å². The SMILES string of the molecule is COC(=O)c1cn(CC(=O)Nc2ccc(NC(=O)C3CC3)cc2C(F)(F)F)c2ccccc12. The lowest BCUT2D eigenvalue weighted by atomic mass is 10.1. The molecule has 2 amide bonds. The number of carbonyl (C=O) groups excluding carboxylic acids is 3. The molecule has 0 aliphatic heterocycles. The van der Waals surface area contributed by atoms with Gasteiger partial charge in [-0.1, -0.05) is 18.2 Å². The van der Waals surface area contributed by atoms with Crippen molar-refractivity contribution in [1.29, 1.82) is 0 Å². The molecule has 1 heterocycles. The van der Waals surface area contributed by atoms with Crippen molar-refractivity contribution in [2.75, 3.05) is 17.7 Å². The number of ether oxygens (including phenoxy) is 1. The number of fused-ring (bicyclic) bond motifs is 1. The van der Waals surface area contributed by atoms with Crippen molar-refractivity contribution in [3.05, 3.63) is 59.8 Å². The van der Waals surface area contributed by atoms with Crippen molar-refractivity contribution in [3.8, 4) is 0 Å². The van der Waals surface area contributed by atoms with Crippen LogP contribution in [0.25, 0.3) is 10.9 Å². The molecule has 1 aliphatic carbocycles. The van der Waals surface area contributed by atoms with Crippen LogP contribution >= 0.6 is 0 Å². The fourth-order valence-corrected chi connectivity index (χ4v) is 3.55. The minimum Gasteiger partial charge on any atom is -0.465 e. The lowest BCUT2D eigenvalue weighted by Crippen LogP contribution is -2.21. The molecule has 3 aromatic rings. The van der Waals surface area contributed by atoms with E-state index in [0.29, 0.717) is 10.9 Å². The number of alkyl halides is 3. The maximum absolute atomic E-state index is 13.6. The number of aromatic nitrogens is 1. The van der Waals surface area contributed by atoms with Crippen LogP contribution in [0.5, 0.6) is 0 Å². The molecule has 33 heavy (non-hydrogen) atoms. The van der Waals surface area contributed by atoms with E-state index in [2.05, 4.69) is 10.6 Å². The first-order chi connectivity index (χ1) is 15.7. The zero-order valence-corrected chi connectivity index (χ0v) is 17.5. The molecule has 2 aromatic carbocycles. The van der Waals surface area contributed by atoms with Gasteiger partial charge in [0.15, 0.2) is 0 Å². The number of methoxy groups -OCH3 is 1. The molecule has 4 rings (SSSR count). The summed E-state index contributed by atoms with van der Waals surface area (Å²) in [6, 6.07) is 10.0. The number of nitrogens with one attached hydrogen (secondary N) is 2. The molecule has 172 valence electrons. The zero-order valence-electron chi connectivity index (χ0n) is 17.5. The summed E-state index contributed by atoms with van der Waals surface area (Å²) < 4.78 is 47.1. The van der Waals surface area contributed by atoms with Crippen LogP contribution in [0.15, 0.2) is 48.7 Å². The summed E-state index contributed by atoms with van der Waals surface area (Å²) in [5.41, 5.74) is -0.690. The highest BCUT2D eigenvalue weighted by molar-refractivity contribution is 6.05. The number of halogens is 3. The molecule has 0 radical (unpaired) electrons. The normalized spacial score (nSPS) is 13.6. The summed E-state index contributed by atoms with van der Waals surface area (Å²) in [6.45, 7) is -0.324. The number of benzene rings is 2. The van der Waals surface area contributed by atoms with E-state index in [0.717, 1.165) is 25.0 Å². The third-order valence-electron chi connectivity index (χ3n) is 5.32. The molecule has 1 fully saturated rings. The highest BCUT2D eigenvalue weighted by Gasteiger charge is 2.35. The summed E-state index contributed by atoms with van der Waals surface area (Å²) in [5.74, 6) is -1.79. The summed E-state index contributed by atoms with van der Waals surface area (Å²) in [4.78, 5) is 36.5. The Morgan fingerprint density at radius 1 is 1.09 bits per heavy atom. The first-order valence-corrected chi connectivity index (χ1v) is 10.2. The smallest absolute Gasteiger partial charge is 0.418 e. The van der Waals surface area contributed by atoms with E-state index in [1.807, 2.05) is 0 Å². The Labute approximate surface area is 186 Å². The second-order valence-electron chi connectivity index (χ2n) is 7.75. The van der Waals surface area contributed by atoms with Gasteiger partial charge in [-0.05, 0) is 37.1 Å². The largest absolute Gasteiger partial charge is 0.465 e. The van der Waals surface area contributed by atoms with E-state index in [1.165, 1.54) is 23.9 Å². The molecular formula is C23H20F3N3O4. The Hall–Kier alpha value is -3.82. The van der Waals surface area contributed by atoms with E-state index < -0.39 is 29.3 Å². The fourth-order valence-electron chi connectivity index (χ4n) is 3.55. The van der Waals surface area contributed by atoms with Crippen LogP contribution in [0.3, 0.4) is 0 Å². The van der Waals surface area contributed by atoms with Gasteiger partial charge in [0, 0.05) is 28.7 Å². The van der Waals surface area contributed by atoms with Crippen molar-refractivity contribution in [2.45, 2.75) is 25.6 Å². The number of hydrogen-bond donors (Lipinski definition) is 2. The highest BCUT2D eigenvalue weighted by Crippen LogP contribution is 2.37. The minimum atomic E-state index is -4.75.